The van der Waals surface area contributed by atoms with E-state index in [-0.39, 0.29) is 23.1 Å². The quantitative estimate of drug-likeness (QED) is 0.231. The first-order valence-electron chi connectivity index (χ1n) is 12.7. The predicted molar refractivity (Wildman–Crippen MR) is 152 cm³/mol. The van der Waals surface area contributed by atoms with Gasteiger partial charge in [-0.25, -0.2) is 9.37 Å². The fraction of sp³-hybridized carbons (Fsp3) is 0.448. The van der Waals surface area contributed by atoms with Crippen molar-refractivity contribution in [1.82, 2.24) is 10.3 Å². The van der Waals surface area contributed by atoms with E-state index in [0.717, 1.165) is 35.9 Å². The van der Waals surface area contributed by atoms with Gasteiger partial charge in [-0.3, -0.25) is 14.6 Å². The third kappa shape index (κ3) is 11.3. The Kier molecular flexibility index (Phi) is 15.1. The van der Waals surface area contributed by atoms with Gasteiger partial charge in [-0.2, -0.15) is 0 Å². The zero-order valence-electron chi connectivity index (χ0n) is 23.0. The molecule has 0 bridgehead atoms. The molecule has 0 aliphatic heterocycles. The molecule has 202 valence electrons. The van der Waals surface area contributed by atoms with Gasteiger partial charge in [0.15, 0.2) is 5.78 Å². The van der Waals surface area contributed by atoms with Gasteiger partial charge in [-0.05, 0) is 82.0 Å². The number of nitrogens with one attached hydrogen (secondary N) is 1. The van der Waals surface area contributed by atoms with Crippen LogP contribution in [-0.2, 0) is 4.79 Å². The number of Topliss-reactive ketones (excluding diaryl/α,β-unsaturated/α-hetero) is 1. The molecule has 1 aliphatic carbocycles. The third-order valence-corrected chi connectivity index (χ3v) is 6.33. The number of rotatable bonds is 7. The molecule has 1 N–H and O–H groups in total. The van der Waals surface area contributed by atoms with Gasteiger partial charge in [0.1, 0.15) is 17.3 Å². The molecule has 1 fully saturated rings. The largest absolute Gasteiger partial charge is 0.438 e. The standard InChI is InChI=1S/C14H12FNO2S.C13H22N2O.C2H6/c1-9(17)13-6-10(15)8-16-14(13)18-11-4-3-5-12(7-11)19-2;1-4-5-12(14-3)13(16)15-11-8-6-10(2)7-9-11;1-2/h3-8H,1-2H3;4-5,10-11H,6-9H2,1-3H3,(H,15,16);1-2H3/b;5-4-,14-12?;. The van der Waals surface area contributed by atoms with E-state index in [1.165, 1.54) is 19.8 Å². The highest BCUT2D eigenvalue weighted by Crippen LogP contribution is 2.27. The Morgan fingerprint density at radius 3 is 2.43 bits per heavy atom. The average molecular weight is 530 g/mol. The summed E-state index contributed by atoms with van der Waals surface area (Å²) < 4.78 is 18.6. The number of nitrogens with zero attached hydrogens (tertiary/aromatic N) is 2. The van der Waals surface area contributed by atoms with E-state index in [1.807, 2.05) is 51.3 Å². The molecular formula is C29H40FN3O3S. The van der Waals surface area contributed by atoms with E-state index >= 15 is 0 Å². The number of hydrogen-bond donors (Lipinski definition) is 1. The van der Waals surface area contributed by atoms with Crippen LogP contribution in [0.4, 0.5) is 4.39 Å². The van der Waals surface area contributed by atoms with Gasteiger partial charge in [0, 0.05) is 18.0 Å². The molecule has 1 aromatic heterocycles. The van der Waals surface area contributed by atoms with Crippen LogP contribution in [0.5, 0.6) is 11.6 Å². The molecule has 2 aromatic rings. The van der Waals surface area contributed by atoms with Crippen molar-refractivity contribution in [2.45, 2.75) is 71.2 Å². The van der Waals surface area contributed by atoms with Crippen molar-refractivity contribution < 1.29 is 18.7 Å². The van der Waals surface area contributed by atoms with Crippen LogP contribution >= 0.6 is 11.8 Å². The highest BCUT2D eigenvalue weighted by Gasteiger charge is 2.20. The van der Waals surface area contributed by atoms with Crippen molar-refractivity contribution in [3.8, 4) is 11.6 Å². The van der Waals surface area contributed by atoms with Gasteiger partial charge in [0.05, 0.1) is 11.8 Å². The van der Waals surface area contributed by atoms with Crippen molar-refractivity contribution in [3.63, 3.8) is 0 Å². The molecule has 0 atom stereocenters. The molecule has 1 amide bonds. The lowest BCUT2D eigenvalue weighted by molar-refractivity contribution is -0.115. The lowest BCUT2D eigenvalue weighted by Crippen LogP contribution is -2.40. The maximum Gasteiger partial charge on any atom is 0.269 e. The van der Waals surface area contributed by atoms with E-state index in [1.54, 1.807) is 31.0 Å². The fourth-order valence-electron chi connectivity index (χ4n) is 3.61. The summed E-state index contributed by atoms with van der Waals surface area (Å²) in [5.74, 6) is 0.599. The first-order chi connectivity index (χ1) is 17.8. The molecule has 1 heterocycles. The molecule has 0 radical (unpaired) electrons. The summed E-state index contributed by atoms with van der Waals surface area (Å²) in [5, 5.41) is 3.05. The van der Waals surface area contributed by atoms with E-state index in [9.17, 15) is 14.0 Å². The van der Waals surface area contributed by atoms with Crippen molar-refractivity contribution in [2.75, 3.05) is 13.3 Å². The second kappa shape index (κ2) is 17.5. The minimum atomic E-state index is -0.560. The summed E-state index contributed by atoms with van der Waals surface area (Å²) in [6.07, 6.45) is 11.2. The Hall–Kier alpha value is -3.00. The van der Waals surface area contributed by atoms with Crippen LogP contribution in [0.15, 0.2) is 58.6 Å². The second-order valence-electron chi connectivity index (χ2n) is 8.38. The van der Waals surface area contributed by atoms with Crippen molar-refractivity contribution >= 4 is 29.2 Å². The number of benzene rings is 1. The average Bonchev–Trinajstić information content (AvgIpc) is 2.91. The number of halogens is 1. The lowest BCUT2D eigenvalue weighted by atomic mass is 9.87. The second-order valence-corrected chi connectivity index (χ2v) is 9.26. The van der Waals surface area contributed by atoms with Gasteiger partial charge in [-0.1, -0.05) is 32.9 Å². The normalized spacial score (nSPS) is 17.1. The van der Waals surface area contributed by atoms with Gasteiger partial charge >= 0.3 is 0 Å². The predicted octanol–water partition coefficient (Wildman–Crippen LogP) is 7.29. The molecule has 0 unspecified atom stereocenters. The molecule has 1 aliphatic rings. The number of aromatic nitrogens is 1. The Bertz CT molecular complexity index is 1060. The Labute approximate surface area is 225 Å². The number of thioether (sulfide) groups is 1. The number of amides is 1. The number of pyridine rings is 1. The zero-order valence-corrected chi connectivity index (χ0v) is 23.8. The molecule has 3 rings (SSSR count). The molecule has 6 nitrogen and oxygen atoms in total. The molecule has 37 heavy (non-hydrogen) atoms. The van der Waals surface area contributed by atoms with Crippen LogP contribution in [-0.4, -0.2) is 41.7 Å². The van der Waals surface area contributed by atoms with Gasteiger partial charge in [0.2, 0.25) is 5.88 Å². The van der Waals surface area contributed by atoms with Crippen LogP contribution in [0.3, 0.4) is 0 Å². The van der Waals surface area contributed by atoms with E-state index in [4.69, 9.17) is 4.74 Å². The molecular weight excluding hydrogens is 489 g/mol. The van der Waals surface area contributed by atoms with E-state index in [2.05, 4.69) is 22.2 Å². The maximum atomic E-state index is 13.1. The van der Waals surface area contributed by atoms with Gasteiger partial charge < -0.3 is 10.1 Å². The summed E-state index contributed by atoms with van der Waals surface area (Å²) in [6.45, 7) is 9.51. The zero-order chi connectivity index (χ0) is 27.8. The smallest absolute Gasteiger partial charge is 0.269 e. The van der Waals surface area contributed by atoms with Gasteiger partial charge in [-0.15, -0.1) is 11.8 Å². The first kappa shape index (κ1) is 32.0. The van der Waals surface area contributed by atoms with Crippen molar-refractivity contribution in [2.24, 2.45) is 10.9 Å². The topological polar surface area (TPSA) is 80.7 Å². The molecule has 8 heteroatoms. The third-order valence-electron chi connectivity index (χ3n) is 5.60. The summed E-state index contributed by atoms with van der Waals surface area (Å²) in [4.78, 5) is 32.1. The Morgan fingerprint density at radius 1 is 1.19 bits per heavy atom. The summed E-state index contributed by atoms with van der Waals surface area (Å²) in [6, 6.07) is 8.85. The van der Waals surface area contributed by atoms with Crippen LogP contribution < -0.4 is 10.1 Å². The number of carbonyl (C=O) groups excluding carboxylic acids is 2. The summed E-state index contributed by atoms with van der Waals surface area (Å²) in [7, 11) is 1.65. The Morgan fingerprint density at radius 2 is 1.86 bits per heavy atom. The number of ketones is 1. The molecule has 1 aromatic carbocycles. The number of allylic oxidation sites excluding steroid dienone is 1. The van der Waals surface area contributed by atoms with Crippen LogP contribution in [0.1, 0.15) is 70.7 Å². The minimum Gasteiger partial charge on any atom is -0.438 e. The first-order valence-corrected chi connectivity index (χ1v) is 13.9. The Balaban J connectivity index is 0.000000352. The molecule has 1 saturated carbocycles. The summed E-state index contributed by atoms with van der Waals surface area (Å²) >= 11 is 1.58. The van der Waals surface area contributed by atoms with E-state index in [0.29, 0.717) is 17.5 Å². The van der Waals surface area contributed by atoms with Crippen molar-refractivity contribution in [3.05, 3.63) is 60.1 Å². The SMILES string of the molecule is C/C=C\C(=NC)C(=O)NC1CCC(C)CC1.CC.CSc1cccc(Oc2ncc(F)cc2C(C)=O)c1. The number of hydrogen-bond acceptors (Lipinski definition) is 6. The fourth-order valence-corrected chi connectivity index (χ4v) is 4.06. The maximum absolute atomic E-state index is 13.1. The molecule has 0 spiro atoms. The highest BCUT2D eigenvalue weighted by atomic mass is 32.2. The number of aliphatic imine (C=N–C) groups is 1. The van der Waals surface area contributed by atoms with Crippen molar-refractivity contribution in [1.29, 1.82) is 0 Å². The van der Waals surface area contributed by atoms with Crippen LogP contribution in [0.25, 0.3) is 0 Å². The monoisotopic (exact) mass is 529 g/mol. The van der Waals surface area contributed by atoms with Crippen LogP contribution in [0.2, 0.25) is 0 Å². The lowest BCUT2D eigenvalue weighted by Gasteiger charge is -2.26. The number of ether oxygens (including phenoxy) is 1. The number of carbonyl (C=O) groups is 2. The summed E-state index contributed by atoms with van der Waals surface area (Å²) in [5.41, 5.74) is 0.649. The van der Waals surface area contributed by atoms with E-state index < -0.39 is 5.82 Å². The van der Waals surface area contributed by atoms with Crippen LogP contribution in [0, 0.1) is 11.7 Å². The molecule has 0 saturated heterocycles. The van der Waals surface area contributed by atoms with Gasteiger partial charge in [0.25, 0.3) is 5.91 Å². The highest BCUT2D eigenvalue weighted by molar-refractivity contribution is 7.98. The minimum absolute atomic E-state index is 0.0415.